The van der Waals surface area contributed by atoms with Crippen LogP contribution < -0.4 is 11.3 Å². The van der Waals surface area contributed by atoms with E-state index in [-0.39, 0.29) is 11.5 Å². The van der Waals surface area contributed by atoms with Crippen molar-refractivity contribution in [1.82, 2.24) is 15.0 Å². The van der Waals surface area contributed by atoms with E-state index in [1.54, 1.807) is 6.07 Å². The molecule has 20 heavy (non-hydrogen) atoms. The monoisotopic (exact) mass is 288 g/mol. The zero-order valence-corrected chi connectivity index (χ0v) is 11.4. The first kappa shape index (κ1) is 12.7. The zero-order valence-electron chi connectivity index (χ0n) is 10.6. The van der Waals surface area contributed by atoms with Gasteiger partial charge in [-0.1, -0.05) is 29.8 Å². The molecule has 5 nitrogen and oxygen atoms in total. The maximum Gasteiger partial charge on any atom is 0.261 e. The fraction of sp³-hybridized carbons (Fsp3) is 0.143. The Kier molecular flexibility index (Phi) is 3.20. The summed E-state index contributed by atoms with van der Waals surface area (Å²) >= 11 is 6.12. The van der Waals surface area contributed by atoms with Crippen LogP contribution in [0, 0.1) is 0 Å². The van der Waals surface area contributed by atoms with Gasteiger partial charge in [-0.05, 0) is 30.5 Å². The van der Waals surface area contributed by atoms with Gasteiger partial charge in [-0.25, -0.2) is 0 Å². The van der Waals surface area contributed by atoms with Crippen molar-refractivity contribution in [3.63, 3.8) is 0 Å². The molecule has 0 fully saturated rings. The second-order valence-corrected chi connectivity index (χ2v) is 5.01. The van der Waals surface area contributed by atoms with E-state index in [1.165, 1.54) is 0 Å². The smallest absolute Gasteiger partial charge is 0.261 e. The molecular formula is C14H13ClN4O. The van der Waals surface area contributed by atoms with Crippen LogP contribution in [0.5, 0.6) is 0 Å². The third-order valence-corrected chi connectivity index (χ3v) is 3.56. The summed E-state index contributed by atoms with van der Waals surface area (Å²) in [6.07, 6.45) is 1.54. The Hall–Kier alpha value is -2.27. The van der Waals surface area contributed by atoms with E-state index in [2.05, 4.69) is 15.0 Å². The largest absolute Gasteiger partial charge is 0.369 e. The number of nitrogens with zero attached hydrogens (tertiary/aromatic N) is 1. The number of benzene rings is 1. The molecule has 3 rings (SSSR count). The quantitative estimate of drug-likeness (QED) is 0.691. The Labute approximate surface area is 119 Å². The topological polar surface area (TPSA) is 87.6 Å². The maximum absolute atomic E-state index is 11.7. The maximum atomic E-state index is 11.7. The van der Waals surface area contributed by atoms with Crippen LogP contribution >= 0.6 is 11.6 Å². The predicted molar refractivity (Wildman–Crippen MR) is 80.0 cm³/mol. The second kappa shape index (κ2) is 5.02. The van der Waals surface area contributed by atoms with Crippen molar-refractivity contribution < 1.29 is 0 Å². The highest BCUT2D eigenvalue weighted by Gasteiger charge is 2.07. The first-order valence-electron chi connectivity index (χ1n) is 6.24. The molecule has 0 aliphatic rings. The molecule has 6 heteroatoms. The highest BCUT2D eigenvalue weighted by atomic mass is 35.5. The van der Waals surface area contributed by atoms with Crippen LogP contribution in [0.2, 0.25) is 5.02 Å². The summed E-state index contributed by atoms with van der Waals surface area (Å²) in [5.74, 6) is 0.113. The van der Waals surface area contributed by atoms with E-state index in [9.17, 15) is 4.79 Å². The van der Waals surface area contributed by atoms with Crippen LogP contribution in [0.25, 0.3) is 11.0 Å². The Morgan fingerprint density at radius 2 is 2.00 bits per heavy atom. The van der Waals surface area contributed by atoms with Crippen molar-refractivity contribution in [3.8, 4) is 0 Å². The third kappa shape index (κ3) is 2.40. The Balaban J connectivity index is 1.87. The minimum Gasteiger partial charge on any atom is -0.369 e. The average molecular weight is 289 g/mol. The minimum absolute atomic E-state index is 0.113. The number of hydrogen-bond donors (Lipinski definition) is 3. The molecule has 0 unspecified atom stereocenters. The number of nitrogen functional groups attached to an aromatic ring is 1. The van der Waals surface area contributed by atoms with E-state index in [4.69, 9.17) is 17.3 Å². The van der Waals surface area contributed by atoms with Gasteiger partial charge in [-0.2, -0.15) is 4.98 Å². The van der Waals surface area contributed by atoms with Crippen molar-refractivity contribution in [1.29, 1.82) is 0 Å². The van der Waals surface area contributed by atoms with Crippen molar-refractivity contribution in [2.45, 2.75) is 12.8 Å². The number of H-pyrrole nitrogens is 2. The molecule has 0 amide bonds. The van der Waals surface area contributed by atoms with Crippen molar-refractivity contribution in [3.05, 3.63) is 57.0 Å². The molecule has 0 saturated carbocycles. The fourth-order valence-corrected chi connectivity index (χ4v) is 2.43. The second-order valence-electron chi connectivity index (χ2n) is 4.60. The van der Waals surface area contributed by atoms with E-state index < -0.39 is 0 Å². The number of anilines is 1. The van der Waals surface area contributed by atoms with E-state index in [0.29, 0.717) is 11.0 Å². The Morgan fingerprint density at radius 3 is 2.80 bits per heavy atom. The predicted octanol–water partition coefficient (Wildman–Crippen LogP) is 2.27. The van der Waals surface area contributed by atoms with Gasteiger partial charge in [0.1, 0.15) is 5.65 Å². The fourth-order valence-electron chi connectivity index (χ4n) is 2.20. The van der Waals surface area contributed by atoms with Crippen molar-refractivity contribution in [2.75, 3.05) is 5.73 Å². The summed E-state index contributed by atoms with van der Waals surface area (Å²) in [5.41, 5.74) is 7.81. The van der Waals surface area contributed by atoms with Gasteiger partial charge in [0.15, 0.2) is 0 Å². The van der Waals surface area contributed by atoms with E-state index in [0.717, 1.165) is 29.1 Å². The van der Waals surface area contributed by atoms with Crippen molar-refractivity contribution in [2.24, 2.45) is 0 Å². The molecule has 102 valence electrons. The van der Waals surface area contributed by atoms with Crippen LogP contribution in [-0.4, -0.2) is 15.0 Å². The van der Waals surface area contributed by atoms with E-state index >= 15 is 0 Å². The number of aromatic nitrogens is 3. The Bertz CT molecular complexity index is 821. The minimum atomic E-state index is -0.229. The van der Waals surface area contributed by atoms with Crippen molar-refractivity contribution >= 4 is 28.6 Å². The number of aromatic amines is 2. The molecule has 0 atom stereocenters. The van der Waals surface area contributed by atoms with Crippen LogP contribution in [0.1, 0.15) is 11.3 Å². The number of halogens is 1. The number of fused-ring (bicyclic) bond motifs is 1. The van der Waals surface area contributed by atoms with Crippen LogP contribution in [-0.2, 0) is 12.8 Å². The summed E-state index contributed by atoms with van der Waals surface area (Å²) in [6.45, 7) is 0. The van der Waals surface area contributed by atoms with Crippen LogP contribution in [0.15, 0.2) is 35.1 Å². The highest BCUT2D eigenvalue weighted by Crippen LogP contribution is 2.18. The Morgan fingerprint density at radius 1 is 1.20 bits per heavy atom. The molecule has 3 aromatic rings. The van der Waals surface area contributed by atoms with Gasteiger partial charge in [-0.15, -0.1) is 0 Å². The van der Waals surface area contributed by atoms with Gasteiger partial charge in [0.2, 0.25) is 5.95 Å². The zero-order chi connectivity index (χ0) is 14.1. The lowest BCUT2D eigenvalue weighted by Crippen LogP contribution is -2.09. The number of hydrogen-bond acceptors (Lipinski definition) is 3. The molecule has 4 N–H and O–H groups in total. The molecule has 2 aromatic heterocycles. The summed E-state index contributed by atoms with van der Waals surface area (Å²) in [7, 11) is 0. The van der Waals surface area contributed by atoms with Crippen LogP contribution in [0.3, 0.4) is 0 Å². The van der Waals surface area contributed by atoms with E-state index in [1.807, 2.05) is 24.3 Å². The summed E-state index contributed by atoms with van der Waals surface area (Å²) < 4.78 is 0. The van der Waals surface area contributed by atoms with Gasteiger partial charge in [0.25, 0.3) is 5.56 Å². The first-order chi connectivity index (χ1) is 9.63. The number of nitrogens with two attached hydrogens (primary N) is 1. The molecule has 0 bridgehead atoms. The summed E-state index contributed by atoms with van der Waals surface area (Å²) in [5, 5.41) is 1.28. The van der Waals surface area contributed by atoms with Gasteiger partial charge in [-0.3, -0.25) is 9.78 Å². The number of rotatable bonds is 3. The average Bonchev–Trinajstić information content (AvgIpc) is 2.81. The lowest BCUT2D eigenvalue weighted by Gasteiger charge is -2.02. The molecular weight excluding hydrogens is 276 g/mol. The van der Waals surface area contributed by atoms with Gasteiger partial charge in [0.05, 0.1) is 5.39 Å². The third-order valence-electron chi connectivity index (χ3n) is 3.19. The molecule has 0 aliphatic heterocycles. The molecule has 0 aliphatic carbocycles. The van der Waals surface area contributed by atoms with Gasteiger partial charge < -0.3 is 10.7 Å². The highest BCUT2D eigenvalue weighted by molar-refractivity contribution is 6.31. The molecule has 2 heterocycles. The molecule has 0 saturated heterocycles. The number of nitrogens with one attached hydrogen (secondary N) is 2. The molecule has 1 aromatic carbocycles. The SMILES string of the molecule is Nc1nc2[nH]c(CCc3ccccc3Cl)cc2c(=O)[nH]1. The standard InChI is InChI=1S/C14H13ClN4O/c15-11-4-2-1-3-8(11)5-6-9-7-10-12(17-9)18-14(16)19-13(10)20/h1-4,7H,5-6H2,(H4,16,17,18,19,20). The molecule has 0 spiro atoms. The molecule has 0 radical (unpaired) electrons. The summed E-state index contributed by atoms with van der Waals surface area (Å²) in [4.78, 5) is 21.4. The lowest BCUT2D eigenvalue weighted by molar-refractivity contribution is 0.928. The number of aryl methyl sites for hydroxylation is 2. The lowest BCUT2D eigenvalue weighted by atomic mass is 10.1. The van der Waals surface area contributed by atoms with Gasteiger partial charge in [0, 0.05) is 10.7 Å². The summed E-state index contributed by atoms with van der Waals surface area (Å²) in [6, 6.07) is 9.53. The first-order valence-corrected chi connectivity index (χ1v) is 6.62. The van der Waals surface area contributed by atoms with Crippen LogP contribution in [0.4, 0.5) is 5.95 Å². The van der Waals surface area contributed by atoms with Gasteiger partial charge >= 0.3 is 0 Å². The normalized spacial score (nSPS) is 11.1.